The van der Waals surface area contributed by atoms with Crippen LogP contribution in [0.3, 0.4) is 0 Å². The number of hydrogen-bond acceptors (Lipinski definition) is 3. The molecule has 0 aromatic rings. The highest BCUT2D eigenvalue weighted by atomic mass is 16.5. The molecule has 0 bridgehead atoms. The van der Waals surface area contributed by atoms with Gasteiger partial charge in [0, 0.05) is 5.54 Å². The molecule has 0 aliphatic heterocycles. The van der Waals surface area contributed by atoms with Gasteiger partial charge in [-0.25, -0.2) is 0 Å². The average Bonchev–Trinajstić information content (AvgIpc) is 2.12. The fourth-order valence-corrected chi connectivity index (χ4v) is 1.67. The maximum atomic E-state index is 11.6. The lowest BCUT2D eigenvalue weighted by Crippen LogP contribution is -2.45. The van der Waals surface area contributed by atoms with Gasteiger partial charge in [-0.2, -0.15) is 0 Å². The summed E-state index contributed by atoms with van der Waals surface area (Å²) in [5.41, 5.74) is -0.103. The highest BCUT2D eigenvalue weighted by molar-refractivity contribution is 5.73. The van der Waals surface area contributed by atoms with Gasteiger partial charge < -0.3 is 10.1 Å². The van der Waals surface area contributed by atoms with Gasteiger partial charge in [0.05, 0.1) is 5.92 Å². The monoisotopic (exact) mass is 227 g/mol. The molecule has 1 rings (SSSR count). The molecular formula is C13H25NO2. The molecule has 0 spiro atoms. The number of unbranched alkanes of at least 4 members (excludes halogenated alkanes) is 1. The number of esters is 1. The molecule has 1 fully saturated rings. The van der Waals surface area contributed by atoms with Crippen molar-refractivity contribution < 1.29 is 9.53 Å². The Morgan fingerprint density at radius 1 is 1.44 bits per heavy atom. The first-order valence-electron chi connectivity index (χ1n) is 6.47. The molecule has 0 heterocycles. The zero-order valence-electron chi connectivity index (χ0n) is 10.8. The van der Waals surface area contributed by atoms with E-state index in [0.717, 1.165) is 19.4 Å². The van der Waals surface area contributed by atoms with Gasteiger partial charge in [-0.05, 0) is 39.7 Å². The van der Waals surface area contributed by atoms with Crippen molar-refractivity contribution in [2.75, 3.05) is 13.2 Å². The summed E-state index contributed by atoms with van der Waals surface area (Å²) < 4.78 is 5.34. The minimum Gasteiger partial charge on any atom is -0.464 e. The van der Waals surface area contributed by atoms with Crippen molar-refractivity contribution in [1.29, 1.82) is 0 Å². The van der Waals surface area contributed by atoms with Gasteiger partial charge in [0.15, 0.2) is 0 Å². The molecule has 0 saturated heterocycles. The Balaban J connectivity index is 2.15. The van der Waals surface area contributed by atoms with Crippen molar-refractivity contribution >= 4 is 5.97 Å². The molecule has 16 heavy (non-hydrogen) atoms. The highest BCUT2D eigenvalue weighted by Gasteiger charge is 2.28. The van der Waals surface area contributed by atoms with E-state index in [0.29, 0.717) is 6.61 Å². The molecule has 1 N–H and O–H groups in total. The van der Waals surface area contributed by atoms with E-state index in [4.69, 9.17) is 4.74 Å². The Kier molecular flexibility index (Phi) is 5.26. The Bertz CT molecular complexity index is 222. The molecule has 0 atom stereocenters. The zero-order chi connectivity index (χ0) is 12.0. The third-order valence-corrected chi connectivity index (χ3v) is 3.15. The predicted molar refractivity (Wildman–Crippen MR) is 65.3 cm³/mol. The summed E-state index contributed by atoms with van der Waals surface area (Å²) in [7, 11) is 0. The maximum absolute atomic E-state index is 11.6. The second-order valence-electron chi connectivity index (χ2n) is 5.40. The van der Waals surface area contributed by atoms with E-state index in [9.17, 15) is 4.79 Å². The van der Waals surface area contributed by atoms with Crippen LogP contribution in [-0.4, -0.2) is 24.7 Å². The van der Waals surface area contributed by atoms with E-state index >= 15 is 0 Å². The quantitative estimate of drug-likeness (QED) is 0.536. The first-order valence-corrected chi connectivity index (χ1v) is 6.47. The Morgan fingerprint density at radius 2 is 2.12 bits per heavy atom. The SMILES string of the molecule is CCCCNC(C)(C)COC(=O)C1CCC1. The highest BCUT2D eigenvalue weighted by Crippen LogP contribution is 2.27. The van der Waals surface area contributed by atoms with Gasteiger partial charge in [-0.3, -0.25) is 4.79 Å². The van der Waals surface area contributed by atoms with Crippen molar-refractivity contribution in [3.63, 3.8) is 0 Å². The minimum atomic E-state index is -0.103. The second kappa shape index (κ2) is 6.24. The van der Waals surface area contributed by atoms with Crippen LogP contribution in [0.15, 0.2) is 0 Å². The van der Waals surface area contributed by atoms with Crippen molar-refractivity contribution in [2.24, 2.45) is 5.92 Å². The van der Waals surface area contributed by atoms with Crippen LogP contribution >= 0.6 is 0 Å². The summed E-state index contributed by atoms with van der Waals surface area (Å²) in [5.74, 6) is 0.183. The van der Waals surface area contributed by atoms with Gasteiger partial charge in [-0.15, -0.1) is 0 Å². The summed E-state index contributed by atoms with van der Waals surface area (Å²) in [6.45, 7) is 7.80. The van der Waals surface area contributed by atoms with Crippen molar-refractivity contribution in [3.05, 3.63) is 0 Å². The summed E-state index contributed by atoms with van der Waals surface area (Å²) in [5, 5.41) is 3.41. The third kappa shape index (κ3) is 4.52. The van der Waals surface area contributed by atoms with Crippen LogP contribution < -0.4 is 5.32 Å². The molecule has 0 aromatic carbocycles. The summed E-state index contributed by atoms with van der Waals surface area (Å²) in [6.07, 6.45) is 5.56. The van der Waals surface area contributed by atoms with E-state index in [1.165, 1.54) is 19.3 Å². The van der Waals surface area contributed by atoms with Gasteiger partial charge in [0.25, 0.3) is 0 Å². The zero-order valence-corrected chi connectivity index (χ0v) is 10.8. The van der Waals surface area contributed by atoms with Crippen LogP contribution in [0.5, 0.6) is 0 Å². The number of carbonyl (C=O) groups excluding carboxylic acids is 1. The maximum Gasteiger partial charge on any atom is 0.308 e. The Morgan fingerprint density at radius 3 is 2.62 bits per heavy atom. The molecule has 0 unspecified atom stereocenters. The van der Waals surface area contributed by atoms with E-state index in [1.54, 1.807) is 0 Å². The minimum absolute atomic E-state index is 0.00313. The van der Waals surface area contributed by atoms with Crippen LogP contribution in [0.25, 0.3) is 0 Å². The largest absolute Gasteiger partial charge is 0.464 e. The van der Waals surface area contributed by atoms with Crippen molar-refractivity contribution in [1.82, 2.24) is 5.32 Å². The number of ether oxygens (including phenoxy) is 1. The molecule has 3 heteroatoms. The van der Waals surface area contributed by atoms with Crippen LogP contribution in [0.1, 0.15) is 52.9 Å². The standard InChI is InChI=1S/C13H25NO2/c1-4-5-9-14-13(2,3)10-16-12(15)11-7-6-8-11/h11,14H,4-10H2,1-3H3. The Hall–Kier alpha value is -0.570. The van der Waals surface area contributed by atoms with Gasteiger partial charge in [0.1, 0.15) is 6.61 Å². The summed E-state index contributed by atoms with van der Waals surface area (Å²) >= 11 is 0. The number of hydrogen-bond donors (Lipinski definition) is 1. The first-order chi connectivity index (χ1) is 7.55. The number of nitrogens with one attached hydrogen (secondary N) is 1. The van der Waals surface area contributed by atoms with Crippen molar-refractivity contribution in [2.45, 2.75) is 58.4 Å². The van der Waals surface area contributed by atoms with Gasteiger partial charge >= 0.3 is 5.97 Å². The van der Waals surface area contributed by atoms with Crippen LogP contribution in [0.2, 0.25) is 0 Å². The van der Waals surface area contributed by atoms with E-state index in [2.05, 4.69) is 26.1 Å². The lowest BCUT2D eigenvalue weighted by atomic mass is 9.86. The molecule has 1 saturated carbocycles. The topological polar surface area (TPSA) is 38.3 Å². The molecular weight excluding hydrogens is 202 g/mol. The summed E-state index contributed by atoms with van der Waals surface area (Å²) in [4.78, 5) is 11.6. The first kappa shape index (κ1) is 13.5. The van der Waals surface area contributed by atoms with Gasteiger partial charge in [-0.1, -0.05) is 19.8 Å². The van der Waals surface area contributed by atoms with Crippen LogP contribution in [-0.2, 0) is 9.53 Å². The molecule has 1 aliphatic rings. The van der Waals surface area contributed by atoms with Crippen LogP contribution in [0, 0.1) is 5.92 Å². The van der Waals surface area contributed by atoms with Crippen LogP contribution in [0.4, 0.5) is 0 Å². The average molecular weight is 227 g/mol. The molecule has 0 amide bonds. The molecule has 3 nitrogen and oxygen atoms in total. The number of carbonyl (C=O) groups is 1. The summed E-state index contributed by atoms with van der Waals surface area (Å²) in [6, 6.07) is 0. The number of rotatable bonds is 7. The lowest BCUT2D eigenvalue weighted by molar-refractivity contribution is -0.153. The Labute approximate surface area is 98.9 Å². The smallest absolute Gasteiger partial charge is 0.308 e. The fraction of sp³-hybridized carbons (Fsp3) is 0.923. The fourth-order valence-electron chi connectivity index (χ4n) is 1.67. The van der Waals surface area contributed by atoms with Crippen molar-refractivity contribution in [3.8, 4) is 0 Å². The lowest BCUT2D eigenvalue weighted by Gasteiger charge is -2.29. The van der Waals surface area contributed by atoms with Gasteiger partial charge in [0.2, 0.25) is 0 Å². The molecule has 1 aliphatic carbocycles. The predicted octanol–water partition coefficient (Wildman–Crippen LogP) is 2.50. The molecule has 0 radical (unpaired) electrons. The molecule has 0 aromatic heterocycles. The second-order valence-corrected chi connectivity index (χ2v) is 5.40. The molecule has 94 valence electrons. The normalized spacial score (nSPS) is 16.9. The third-order valence-electron chi connectivity index (χ3n) is 3.15. The van der Waals surface area contributed by atoms with E-state index in [-0.39, 0.29) is 17.4 Å². The van der Waals surface area contributed by atoms with E-state index < -0.39 is 0 Å². The van der Waals surface area contributed by atoms with E-state index in [1.807, 2.05) is 0 Å².